The predicted molar refractivity (Wildman–Crippen MR) is 167 cm³/mol. The molecule has 0 radical (unpaired) electrons. The lowest BCUT2D eigenvalue weighted by molar-refractivity contribution is -0.274. The van der Waals surface area contributed by atoms with Crippen molar-refractivity contribution < 1.29 is 45.4 Å². The van der Waals surface area contributed by atoms with Gasteiger partial charge in [-0.3, -0.25) is 9.69 Å². The van der Waals surface area contributed by atoms with E-state index in [4.69, 9.17) is 4.74 Å². The number of carbonyl (C=O) groups excluding carboxylic acids is 2. The number of benzene rings is 3. The number of alkyl halides is 6. The predicted octanol–water partition coefficient (Wildman–Crippen LogP) is 7.84. The molecule has 48 heavy (non-hydrogen) atoms. The number of ether oxygens (including phenoxy) is 2. The Labute approximate surface area is 273 Å². The zero-order valence-electron chi connectivity index (χ0n) is 25.2. The summed E-state index contributed by atoms with van der Waals surface area (Å²) < 4.78 is 86.0. The van der Waals surface area contributed by atoms with Crippen molar-refractivity contribution in [1.82, 2.24) is 14.8 Å². The number of hydrogen-bond donors (Lipinski definition) is 1. The van der Waals surface area contributed by atoms with Crippen LogP contribution in [0.5, 0.6) is 11.5 Å². The molecule has 0 aliphatic carbocycles. The van der Waals surface area contributed by atoms with Crippen molar-refractivity contribution >= 4 is 40.2 Å². The van der Waals surface area contributed by atoms with Crippen LogP contribution in [0.25, 0.3) is 17.1 Å². The van der Waals surface area contributed by atoms with Gasteiger partial charge in [0.1, 0.15) is 17.8 Å². The number of aryl methyl sites for hydroxylation is 2. The van der Waals surface area contributed by atoms with Crippen molar-refractivity contribution in [2.45, 2.75) is 39.2 Å². The summed E-state index contributed by atoms with van der Waals surface area (Å²) in [5.41, 5.74) is 3.11. The molecule has 1 aliphatic heterocycles. The SMILES string of the molecule is Cc1ccc(OCCCC(F)(F)F)c(N2C(=O)CSC2=NC(=O)Nc2ccc(-n3cnc(-c4ccc(OC(F)(F)F)cc4)n3)cc2C)c1. The van der Waals surface area contributed by atoms with Gasteiger partial charge in [0.2, 0.25) is 5.91 Å². The van der Waals surface area contributed by atoms with Crippen molar-refractivity contribution in [3.05, 3.63) is 78.1 Å². The Kier molecular flexibility index (Phi) is 9.98. The Morgan fingerprint density at radius 2 is 1.77 bits per heavy atom. The van der Waals surface area contributed by atoms with Crippen LogP contribution in [0.4, 0.5) is 42.5 Å². The Balaban J connectivity index is 1.27. The Morgan fingerprint density at radius 3 is 2.46 bits per heavy atom. The van der Waals surface area contributed by atoms with E-state index >= 15 is 0 Å². The lowest BCUT2D eigenvalue weighted by Crippen LogP contribution is -2.31. The van der Waals surface area contributed by atoms with Crippen LogP contribution >= 0.6 is 11.8 Å². The molecule has 5 rings (SSSR count). The number of amidine groups is 1. The van der Waals surface area contributed by atoms with E-state index in [0.717, 1.165) is 29.5 Å². The van der Waals surface area contributed by atoms with E-state index in [1.807, 2.05) is 0 Å². The second-order valence-electron chi connectivity index (χ2n) is 10.5. The largest absolute Gasteiger partial charge is 0.573 e. The van der Waals surface area contributed by atoms with Gasteiger partial charge < -0.3 is 14.8 Å². The third-order valence-electron chi connectivity index (χ3n) is 6.73. The molecule has 0 bridgehead atoms. The highest BCUT2D eigenvalue weighted by molar-refractivity contribution is 8.15. The maximum absolute atomic E-state index is 13.0. The highest BCUT2D eigenvalue weighted by Crippen LogP contribution is 2.36. The number of halogens is 6. The number of anilines is 2. The molecule has 0 saturated carbocycles. The number of rotatable bonds is 9. The summed E-state index contributed by atoms with van der Waals surface area (Å²) in [7, 11) is 0. The van der Waals surface area contributed by atoms with Crippen LogP contribution in [-0.4, -0.2) is 56.8 Å². The van der Waals surface area contributed by atoms with Crippen molar-refractivity contribution in [2.75, 3.05) is 22.6 Å². The molecule has 0 unspecified atom stereocenters. The van der Waals surface area contributed by atoms with Gasteiger partial charge in [-0.1, -0.05) is 17.8 Å². The quantitative estimate of drug-likeness (QED) is 0.141. The molecule has 10 nitrogen and oxygen atoms in total. The van der Waals surface area contributed by atoms with Gasteiger partial charge in [-0.15, -0.1) is 18.3 Å². The molecule has 1 aromatic heterocycles. The van der Waals surface area contributed by atoms with Crippen LogP contribution < -0.4 is 19.7 Å². The zero-order chi connectivity index (χ0) is 34.6. The molecular formula is C31H26F6N6O4S. The Morgan fingerprint density at radius 1 is 1.02 bits per heavy atom. The first-order valence-corrected chi connectivity index (χ1v) is 15.2. The lowest BCUT2D eigenvalue weighted by Gasteiger charge is -2.20. The van der Waals surface area contributed by atoms with Crippen molar-refractivity contribution in [3.8, 4) is 28.6 Å². The molecule has 1 aliphatic rings. The molecule has 1 fully saturated rings. The summed E-state index contributed by atoms with van der Waals surface area (Å²) in [5, 5.41) is 7.14. The molecule has 4 aromatic rings. The number of carbonyl (C=O) groups is 2. The fraction of sp³-hybridized carbons (Fsp3) is 0.258. The van der Waals surface area contributed by atoms with Crippen molar-refractivity contribution in [1.29, 1.82) is 0 Å². The first kappa shape index (κ1) is 34.3. The maximum Gasteiger partial charge on any atom is 0.573 e. The topological polar surface area (TPSA) is 111 Å². The molecule has 3 aromatic carbocycles. The van der Waals surface area contributed by atoms with Crippen molar-refractivity contribution in [3.63, 3.8) is 0 Å². The number of amides is 3. The number of aliphatic imine (C=N–C) groups is 1. The number of thioether (sulfide) groups is 1. The molecule has 2 heterocycles. The highest BCUT2D eigenvalue weighted by Gasteiger charge is 2.33. The minimum absolute atomic E-state index is 0.00727. The number of nitrogens with zero attached hydrogens (tertiary/aromatic N) is 5. The average Bonchev–Trinajstić information content (AvgIpc) is 3.63. The van der Waals surface area contributed by atoms with E-state index in [0.29, 0.717) is 22.5 Å². The van der Waals surface area contributed by atoms with Gasteiger partial charge in [0, 0.05) is 17.7 Å². The summed E-state index contributed by atoms with van der Waals surface area (Å²) in [6, 6.07) is 14.2. The standard InChI is InChI=1S/C31H26F6N6O4S/c1-18-4-11-25(46-13-3-12-30(32,33)34)24(14-18)43-26(44)16-48-29(43)40-28(45)39-23-10-7-21(15-19(23)2)42-17-38-27(41-42)20-5-8-22(9-6-20)47-31(35,36)37/h4-11,14-15,17H,3,12-13,16H2,1-2H3,(H,39,45). The first-order chi connectivity index (χ1) is 22.6. The summed E-state index contributed by atoms with van der Waals surface area (Å²) in [6.45, 7) is 3.28. The molecule has 1 saturated heterocycles. The van der Waals surface area contributed by atoms with E-state index in [2.05, 4.69) is 25.1 Å². The lowest BCUT2D eigenvalue weighted by atomic mass is 10.2. The molecule has 3 amide bonds. The summed E-state index contributed by atoms with van der Waals surface area (Å²) in [4.78, 5) is 35.4. The van der Waals surface area contributed by atoms with Gasteiger partial charge >= 0.3 is 18.6 Å². The number of nitrogens with one attached hydrogen (secondary N) is 1. The van der Waals surface area contributed by atoms with Crippen LogP contribution in [0, 0.1) is 13.8 Å². The monoisotopic (exact) mass is 692 g/mol. The summed E-state index contributed by atoms with van der Waals surface area (Å²) in [6.07, 6.45) is -8.97. The van der Waals surface area contributed by atoms with Crippen LogP contribution in [0.1, 0.15) is 24.0 Å². The highest BCUT2D eigenvalue weighted by atomic mass is 32.2. The van der Waals surface area contributed by atoms with E-state index in [1.165, 1.54) is 28.0 Å². The number of aromatic nitrogens is 3. The molecule has 252 valence electrons. The smallest absolute Gasteiger partial charge is 0.491 e. The minimum Gasteiger partial charge on any atom is -0.491 e. The van der Waals surface area contributed by atoms with Gasteiger partial charge in [-0.2, -0.15) is 18.2 Å². The molecule has 0 spiro atoms. The maximum atomic E-state index is 13.0. The van der Waals surface area contributed by atoms with Gasteiger partial charge in [-0.05, 0) is 86.0 Å². The second kappa shape index (κ2) is 14.0. The van der Waals surface area contributed by atoms with Gasteiger partial charge in [0.25, 0.3) is 0 Å². The van der Waals surface area contributed by atoms with Crippen LogP contribution in [0.2, 0.25) is 0 Å². The number of hydrogen-bond acceptors (Lipinski definition) is 7. The number of urea groups is 1. The molecule has 1 N–H and O–H groups in total. The fourth-order valence-electron chi connectivity index (χ4n) is 4.55. The molecule has 0 atom stereocenters. The zero-order valence-corrected chi connectivity index (χ0v) is 26.0. The third kappa shape index (κ3) is 8.84. The van der Waals surface area contributed by atoms with Crippen molar-refractivity contribution in [2.24, 2.45) is 4.99 Å². The van der Waals surface area contributed by atoms with E-state index < -0.39 is 25.0 Å². The average molecular weight is 693 g/mol. The third-order valence-corrected chi connectivity index (χ3v) is 7.66. The summed E-state index contributed by atoms with van der Waals surface area (Å²) >= 11 is 1.03. The second-order valence-corrected chi connectivity index (χ2v) is 11.4. The molecular weight excluding hydrogens is 666 g/mol. The van der Waals surface area contributed by atoms with E-state index in [-0.39, 0.29) is 52.9 Å². The van der Waals surface area contributed by atoms with Gasteiger partial charge in [0.15, 0.2) is 11.0 Å². The van der Waals surface area contributed by atoms with Crippen LogP contribution in [-0.2, 0) is 4.79 Å². The Hall–Kier alpha value is -5.06. The normalized spacial score (nSPS) is 14.5. The Bertz CT molecular complexity index is 1840. The van der Waals surface area contributed by atoms with Crippen LogP contribution in [0.15, 0.2) is 72.0 Å². The summed E-state index contributed by atoms with van der Waals surface area (Å²) in [5.74, 6) is -0.317. The first-order valence-electron chi connectivity index (χ1n) is 14.2. The van der Waals surface area contributed by atoms with E-state index in [9.17, 15) is 35.9 Å². The minimum atomic E-state index is -4.81. The van der Waals surface area contributed by atoms with Crippen LogP contribution in [0.3, 0.4) is 0 Å². The van der Waals surface area contributed by atoms with Gasteiger partial charge in [0.05, 0.1) is 23.7 Å². The van der Waals surface area contributed by atoms with E-state index in [1.54, 1.807) is 50.2 Å². The fourth-order valence-corrected chi connectivity index (χ4v) is 5.41. The molecule has 17 heteroatoms. The van der Waals surface area contributed by atoms with Gasteiger partial charge in [-0.25, -0.2) is 14.5 Å².